The molecule has 0 radical (unpaired) electrons. The van der Waals surface area contributed by atoms with Crippen molar-refractivity contribution >= 4 is 11.8 Å². The van der Waals surface area contributed by atoms with E-state index in [9.17, 15) is 9.90 Å². The zero-order chi connectivity index (χ0) is 15.6. The van der Waals surface area contributed by atoms with Gasteiger partial charge >= 0.3 is 6.03 Å². The summed E-state index contributed by atoms with van der Waals surface area (Å²) in [5.74, 6) is 0.475. The summed E-state index contributed by atoms with van der Waals surface area (Å²) >= 11 is 0. The number of carbonyl (C=O) groups is 1. The van der Waals surface area contributed by atoms with Crippen molar-refractivity contribution in [3.8, 4) is 5.69 Å². The molecule has 1 aromatic heterocycles. The third-order valence-corrected chi connectivity index (χ3v) is 3.33. The highest BCUT2D eigenvalue weighted by atomic mass is 16.3. The Labute approximate surface area is 123 Å². The molecule has 0 unspecified atom stereocenters. The van der Waals surface area contributed by atoms with Gasteiger partial charge in [-0.2, -0.15) is 5.10 Å². The number of urea groups is 1. The summed E-state index contributed by atoms with van der Waals surface area (Å²) in [5.41, 5.74) is 7.31. The molecule has 4 N–H and O–H groups in total. The van der Waals surface area contributed by atoms with Crippen LogP contribution in [0.4, 0.5) is 10.6 Å². The number of nitrogens with one attached hydrogen (secondary N) is 1. The lowest BCUT2D eigenvalue weighted by molar-refractivity contribution is 0.215. The number of aromatic nitrogens is 2. The van der Waals surface area contributed by atoms with E-state index in [1.807, 2.05) is 45.0 Å². The van der Waals surface area contributed by atoms with Crippen molar-refractivity contribution in [3.05, 3.63) is 41.6 Å². The minimum atomic E-state index is -0.656. The molecule has 0 aliphatic rings. The van der Waals surface area contributed by atoms with Crippen LogP contribution in [-0.2, 0) is 5.41 Å². The van der Waals surface area contributed by atoms with Gasteiger partial charge in [0, 0.05) is 11.5 Å². The topological polar surface area (TPSA) is 93.2 Å². The third kappa shape index (κ3) is 3.22. The van der Waals surface area contributed by atoms with Crippen molar-refractivity contribution in [2.75, 3.05) is 11.9 Å². The van der Waals surface area contributed by atoms with Gasteiger partial charge in [0.1, 0.15) is 5.82 Å². The van der Waals surface area contributed by atoms with Gasteiger partial charge < -0.3 is 10.8 Å². The molecule has 2 aromatic rings. The standard InChI is InChI=1S/C15H20N4O2/c1-10-4-6-11(7-5-10)19-13(17-14(16)21)8-12(18-19)15(2,3)9-20/h4-8,20H,9H2,1-3H3,(H3,16,17,21). The second-order valence-corrected chi connectivity index (χ2v) is 5.69. The molecule has 0 aliphatic carbocycles. The van der Waals surface area contributed by atoms with E-state index >= 15 is 0 Å². The van der Waals surface area contributed by atoms with Crippen LogP contribution >= 0.6 is 0 Å². The van der Waals surface area contributed by atoms with Gasteiger partial charge in [-0.3, -0.25) is 5.32 Å². The molecular formula is C15H20N4O2. The highest BCUT2D eigenvalue weighted by Crippen LogP contribution is 2.26. The summed E-state index contributed by atoms with van der Waals surface area (Å²) in [7, 11) is 0. The van der Waals surface area contributed by atoms with E-state index in [1.54, 1.807) is 10.7 Å². The molecular weight excluding hydrogens is 268 g/mol. The molecule has 6 nitrogen and oxygen atoms in total. The van der Waals surface area contributed by atoms with E-state index in [0.717, 1.165) is 11.3 Å². The maximum Gasteiger partial charge on any atom is 0.317 e. The number of aliphatic hydroxyl groups excluding tert-OH is 1. The van der Waals surface area contributed by atoms with Crippen molar-refractivity contribution < 1.29 is 9.90 Å². The molecule has 0 bridgehead atoms. The van der Waals surface area contributed by atoms with Crippen LogP contribution < -0.4 is 11.1 Å². The normalized spacial score (nSPS) is 11.4. The van der Waals surface area contributed by atoms with Gasteiger partial charge in [0.2, 0.25) is 0 Å². The fourth-order valence-electron chi connectivity index (χ4n) is 1.89. The minimum Gasteiger partial charge on any atom is -0.395 e. The molecule has 112 valence electrons. The predicted molar refractivity (Wildman–Crippen MR) is 81.6 cm³/mol. The third-order valence-electron chi connectivity index (χ3n) is 3.33. The van der Waals surface area contributed by atoms with E-state index in [-0.39, 0.29) is 6.61 Å². The maximum absolute atomic E-state index is 11.2. The molecule has 0 atom stereocenters. The van der Waals surface area contributed by atoms with E-state index in [2.05, 4.69) is 10.4 Å². The number of anilines is 1. The quantitative estimate of drug-likeness (QED) is 0.802. The average Bonchev–Trinajstić information content (AvgIpc) is 2.83. The van der Waals surface area contributed by atoms with Crippen LogP contribution in [0.1, 0.15) is 25.1 Å². The lowest BCUT2D eigenvalue weighted by atomic mass is 9.91. The molecule has 2 amide bonds. The SMILES string of the molecule is Cc1ccc(-n2nc(C(C)(C)CO)cc2NC(N)=O)cc1. The van der Waals surface area contributed by atoms with Crippen LogP contribution in [0, 0.1) is 6.92 Å². The maximum atomic E-state index is 11.2. The first kappa shape index (κ1) is 15.1. The fourth-order valence-corrected chi connectivity index (χ4v) is 1.89. The Bertz CT molecular complexity index is 644. The molecule has 0 saturated carbocycles. The van der Waals surface area contributed by atoms with Crippen molar-refractivity contribution in [2.45, 2.75) is 26.2 Å². The molecule has 21 heavy (non-hydrogen) atoms. The van der Waals surface area contributed by atoms with Gasteiger partial charge in [0.25, 0.3) is 0 Å². The first-order valence-electron chi connectivity index (χ1n) is 6.68. The van der Waals surface area contributed by atoms with E-state index in [4.69, 9.17) is 5.73 Å². The molecule has 1 aromatic carbocycles. The number of aryl methyl sites for hydroxylation is 1. The number of primary amides is 1. The van der Waals surface area contributed by atoms with Gasteiger partial charge in [0.05, 0.1) is 18.0 Å². The predicted octanol–water partition coefficient (Wildman–Crippen LogP) is 1.94. The highest BCUT2D eigenvalue weighted by molar-refractivity contribution is 5.87. The second kappa shape index (κ2) is 5.57. The number of nitrogens with two attached hydrogens (primary N) is 1. The van der Waals surface area contributed by atoms with Crippen molar-refractivity contribution in [1.29, 1.82) is 0 Å². The van der Waals surface area contributed by atoms with Gasteiger partial charge in [0.15, 0.2) is 0 Å². The van der Waals surface area contributed by atoms with Crippen LogP contribution in [0.5, 0.6) is 0 Å². The summed E-state index contributed by atoms with van der Waals surface area (Å²) in [6, 6.07) is 8.80. The molecule has 0 spiro atoms. The Kier molecular flexibility index (Phi) is 3.99. The van der Waals surface area contributed by atoms with E-state index < -0.39 is 11.4 Å². The highest BCUT2D eigenvalue weighted by Gasteiger charge is 2.25. The zero-order valence-corrected chi connectivity index (χ0v) is 12.4. The number of amides is 2. The smallest absolute Gasteiger partial charge is 0.317 e. The van der Waals surface area contributed by atoms with Gasteiger partial charge in [-0.05, 0) is 19.1 Å². The first-order chi connectivity index (χ1) is 9.83. The van der Waals surface area contributed by atoms with Gasteiger partial charge in [-0.15, -0.1) is 0 Å². The molecule has 0 fully saturated rings. The Balaban J connectivity index is 2.52. The Morgan fingerprint density at radius 2 is 2.00 bits per heavy atom. The lowest BCUT2D eigenvalue weighted by Gasteiger charge is -2.18. The van der Waals surface area contributed by atoms with Crippen LogP contribution in [0.2, 0.25) is 0 Å². The number of benzene rings is 1. The van der Waals surface area contributed by atoms with Crippen LogP contribution in [0.3, 0.4) is 0 Å². The van der Waals surface area contributed by atoms with Crippen molar-refractivity contribution in [3.63, 3.8) is 0 Å². The second-order valence-electron chi connectivity index (χ2n) is 5.69. The number of rotatable bonds is 4. The lowest BCUT2D eigenvalue weighted by Crippen LogP contribution is -2.22. The zero-order valence-electron chi connectivity index (χ0n) is 12.4. The van der Waals surface area contributed by atoms with Gasteiger partial charge in [-0.25, -0.2) is 9.48 Å². The van der Waals surface area contributed by atoms with E-state index in [1.165, 1.54) is 0 Å². The average molecular weight is 288 g/mol. The number of hydrogen-bond acceptors (Lipinski definition) is 3. The summed E-state index contributed by atoms with van der Waals surface area (Å²) in [6.45, 7) is 5.70. The Morgan fingerprint density at radius 3 is 2.52 bits per heavy atom. The van der Waals surface area contributed by atoms with E-state index in [0.29, 0.717) is 11.5 Å². The Morgan fingerprint density at radius 1 is 1.38 bits per heavy atom. The number of aliphatic hydroxyl groups is 1. The summed E-state index contributed by atoms with van der Waals surface area (Å²) in [6.07, 6.45) is 0. The molecule has 1 heterocycles. The summed E-state index contributed by atoms with van der Waals surface area (Å²) in [4.78, 5) is 11.2. The monoisotopic (exact) mass is 288 g/mol. The van der Waals surface area contributed by atoms with Crippen LogP contribution in [0.15, 0.2) is 30.3 Å². The number of hydrogen-bond donors (Lipinski definition) is 3. The largest absolute Gasteiger partial charge is 0.395 e. The molecule has 6 heteroatoms. The van der Waals surface area contributed by atoms with Crippen molar-refractivity contribution in [2.24, 2.45) is 5.73 Å². The fraction of sp³-hybridized carbons (Fsp3) is 0.333. The summed E-state index contributed by atoms with van der Waals surface area (Å²) in [5, 5.41) is 16.5. The van der Waals surface area contributed by atoms with Gasteiger partial charge in [-0.1, -0.05) is 31.5 Å². The van der Waals surface area contributed by atoms with Crippen LogP contribution in [0.25, 0.3) is 5.69 Å². The molecule has 0 aliphatic heterocycles. The number of carbonyl (C=O) groups excluding carboxylic acids is 1. The molecule has 2 rings (SSSR count). The summed E-state index contributed by atoms with van der Waals surface area (Å²) < 4.78 is 1.61. The first-order valence-corrected chi connectivity index (χ1v) is 6.68. The van der Waals surface area contributed by atoms with Crippen molar-refractivity contribution in [1.82, 2.24) is 9.78 Å². The van der Waals surface area contributed by atoms with Crippen LogP contribution in [-0.4, -0.2) is 27.5 Å². The number of nitrogens with zero attached hydrogens (tertiary/aromatic N) is 2. The minimum absolute atomic E-state index is 0.0477. The Hall–Kier alpha value is -2.34. The molecule has 0 saturated heterocycles.